The highest BCUT2D eigenvalue weighted by atomic mass is 16.6. The summed E-state index contributed by atoms with van der Waals surface area (Å²) in [6.45, 7) is 4.79. The Kier molecular flexibility index (Phi) is 47.9. The first-order valence-corrected chi connectivity index (χ1v) is 26.8. The van der Waals surface area contributed by atoms with E-state index in [-0.39, 0.29) is 25.2 Å². The normalized spacial score (nSPS) is 11.7. The number of hydrogen-bond donors (Lipinski definition) is 2. The van der Waals surface area contributed by atoms with Crippen LogP contribution >= 0.6 is 0 Å². The molecule has 0 rings (SSSR count). The molecule has 11 nitrogen and oxygen atoms in total. The predicted molar refractivity (Wildman–Crippen MR) is 257 cm³/mol. The van der Waals surface area contributed by atoms with Crippen LogP contribution in [0.3, 0.4) is 0 Å². The summed E-state index contributed by atoms with van der Waals surface area (Å²) in [6.07, 6.45) is 41.1. The Balaban J connectivity index is 3.37. The van der Waals surface area contributed by atoms with Crippen LogP contribution in [-0.4, -0.2) is 72.6 Å². The van der Waals surface area contributed by atoms with Gasteiger partial charge in [-0.15, -0.1) is 0 Å². The summed E-state index contributed by atoms with van der Waals surface area (Å²) in [5.74, 6) is -2.67. The van der Waals surface area contributed by atoms with Crippen LogP contribution in [0.25, 0.3) is 0 Å². The number of rotatable bonds is 51. The van der Waals surface area contributed by atoms with Crippen LogP contribution in [0.4, 0.5) is 0 Å². The van der Waals surface area contributed by atoms with Gasteiger partial charge in [0.05, 0.1) is 32.2 Å². The average molecular weight is 911 g/mol. The molecule has 0 aromatic heterocycles. The third-order valence-electron chi connectivity index (χ3n) is 11.9. The number of carboxylic acid groups (broad SMARTS) is 1. The molecule has 64 heavy (non-hydrogen) atoms. The van der Waals surface area contributed by atoms with Gasteiger partial charge in [0.2, 0.25) is 0 Å². The van der Waals surface area contributed by atoms with Crippen LogP contribution in [0.15, 0.2) is 0 Å². The molecule has 2 N–H and O–H groups in total. The molecule has 0 saturated heterocycles. The molecule has 0 fully saturated rings. The Hall–Kier alpha value is -2.53. The molecule has 0 saturated carbocycles. The summed E-state index contributed by atoms with van der Waals surface area (Å²) in [5, 5.41) is 18.7. The molecule has 0 heterocycles. The maximum Gasteiger partial charge on any atom is 0.316 e. The summed E-state index contributed by atoms with van der Waals surface area (Å²) in [4.78, 5) is 58.5. The molecule has 0 radical (unpaired) electrons. The van der Waals surface area contributed by atoms with Crippen molar-refractivity contribution >= 4 is 29.8 Å². The van der Waals surface area contributed by atoms with Crippen LogP contribution in [0.1, 0.15) is 277 Å². The van der Waals surface area contributed by atoms with Gasteiger partial charge in [-0.1, -0.05) is 200 Å². The zero-order valence-corrected chi connectivity index (χ0v) is 41.2. The molecule has 0 bridgehead atoms. The van der Waals surface area contributed by atoms with E-state index < -0.39 is 36.4 Å². The lowest BCUT2D eigenvalue weighted by Gasteiger charge is -2.10. The first kappa shape index (κ1) is 61.5. The lowest BCUT2D eigenvalue weighted by Crippen LogP contribution is -2.22. The van der Waals surface area contributed by atoms with E-state index >= 15 is 0 Å². The number of aliphatic hydroxyl groups excluding tert-OH is 1. The molecular formula is C53H98O11. The number of carbonyl (C=O) groups excluding carboxylic acids is 4. The first-order valence-electron chi connectivity index (χ1n) is 26.8. The third kappa shape index (κ3) is 50.5. The van der Waals surface area contributed by atoms with E-state index in [1.165, 1.54) is 135 Å². The van der Waals surface area contributed by atoms with Gasteiger partial charge in [-0.25, -0.2) is 0 Å². The van der Waals surface area contributed by atoms with E-state index in [1.54, 1.807) is 0 Å². The van der Waals surface area contributed by atoms with Crippen LogP contribution in [-0.2, 0) is 42.9 Å². The van der Waals surface area contributed by atoms with E-state index in [2.05, 4.69) is 6.92 Å². The molecule has 0 spiro atoms. The number of aliphatic carboxylic acids is 1. The van der Waals surface area contributed by atoms with Gasteiger partial charge in [-0.2, -0.15) is 0 Å². The lowest BCUT2D eigenvalue weighted by molar-refractivity contribution is -0.161. The second-order valence-corrected chi connectivity index (χ2v) is 18.3. The van der Waals surface area contributed by atoms with Gasteiger partial charge in [-0.3, -0.25) is 24.0 Å². The van der Waals surface area contributed by atoms with Gasteiger partial charge < -0.3 is 29.2 Å². The smallest absolute Gasteiger partial charge is 0.316 e. The Morgan fingerprint density at radius 2 is 0.641 bits per heavy atom. The van der Waals surface area contributed by atoms with E-state index in [9.17, 15) is 29.1 Å². The minimum absolute atomic E-state index is 0.0529. The summed E-state index contributed by atoms with van der Waals surface area (Å²) in [6, 6.07) is 0. The molecule has 0 amide bonds. The number of carbonyl (C=O) groups is 5. The maximum absolute atomic E-state index is 12.0. The summed E-state index contributed by atoms with van der Waals surface area (Å²) in [7, 11) is 0. The lowest BCUT2D eigenvalue weighted by atomic mass is 10.1. The second kappa shape index (κ2) is 49.9. The fraction of sp³-hybridized carbons (Fsp3) is 0.906. The summed E-state index contributed by atoms with van der Waals surface area (Å²) in [5.41, 5.74) is 0. The maximum atomic E-state index is 12.0. The van der Waals surface area contributed by atoms with Crippen molar-refractivity contribution < 1.29 is 53.1 Å². The van der Waals surface area contributed by atoms with Crippen molar-refractivity contribution in [1.82, 2.24) is 0 Å². The number of carboxylic acids is 1. The van der Waals surface area contributed by atoms with Crippen LogP contribution < -0.4 is 0 Å². The van der Waals surface area contributed by atoms with Crippen LogP contribution in [0.2, 0.25) is 0 Å². The second-order valence-electron chi connectivity index (χ2n) is 18.3. The highest BCUT2D eigenvalue weighted by Crippen LogP contribution is 2.15. The van der Waals surface area contributed by atoms with Gasteiger partial charge in [-0.05, 0) is 44.9 Å². The molecule has 0 aliphatic rings. The van der Waals surface area contributed by atoms with Gasteiger partial charge in [0, 0.05) is 32.5 Å². The van der Waals surface area contributed by atoms with Gasteiger partial charge in [0.15, 0.2) is 0 Å². The SMILES string of the molecule is CCCCCCCCCCCCOC(=O)CC(O)CC(=O)OC(=O)CCCCCCCCCCCOCCCCCCCCCCCC(=O)OCCCCCCCCCCCC(=O)O. The van der Waals surface area contributed by atoms with Crippen molar-refractivity contribution in [1.29, 1.82) is 0 Å². The highest BCUT2D eigenvalue weighted by molar-refractivity contribution is 5.86. The monoisotopic (exact) mass is 911 g/mol. The minimum Gasteiger partial charge on any atom is -0.481 e. The van der Waals surface area contributed by atoms with Crippen molar-refractivity contribution in [3.05, 3.63) is 0 Å². The number of unbranched alkanes of at least 4 members (excludes halogenated alkanes) is 33. The zero-order chi connectivity index (χ0) is 46.8. The number of esters is 4. The van der Waals surface area contributed by atoms with Crippen molar-refractivity contribution in [3.63, 3.8) is 0 Å². The number of aliphatic hydroxyl groups is 1. The van der Waals surface area contributed by atoms with Crippen molar-refractivity contribution in [2.24, 2.45) is 0 Å². The molecular weight excluding hydrogens is 813 g/mol. The standard InChI is InChI=1S/C53H98O11/c1-2-3-4-5-6-7-16-24-31-38-45-63-52(59)46-48(54)47-53(60)64-51(58)41-34-27-20-13-10-15-22-29-36-43-61-42-35-28-21-14-9-12-19-26-33-40-50(57)62-44-37-30-23-17-8-11-18-25-32-39-49(55)56/h48,54H,2-47H2,1H3,(H,55,56). The zero-order valence-electron chi connectivity index (χ0n) is 41.2. The van der Waals surface area contributed by atoms with E-state index in [4.69, 9.17) is 24.1 Å². The number of ether oxygens (including phenoxy) is 4. The number of hydrogen-bond acceptors (Lipinski definition) is 10. The Labute approximate surface area is 391 Å². The molecule has 1 unspecified atom stereocenters. The molecule has 0 aliphatic heterocycles. The van der Waals surface area contributed by atoms with Gasteiger partial charge >= 0.3 is 29.8 Å². The molecule has 0 aromatic rings. The Morgan fingerprint density at radius 1 is 0.344 bits per heavy atom. The third-order valence-corrected chi connectivity index (χ3v) is 11.9. The fourth-order valence-corrected chi connectivity index (χ4v) is 7.91. The Morgan fingerprint density at radius 3 is 1.03 bits per heavy atom. The molecule has 0 aromatic carbocycles. The van der Waals surface area contributed by atoms with Gasteiger partial charge in [0.25, 0.3) is 0 Å². The minimum atomic E-state index is -1.22. The van der Waals surface area contributed by atoms with Crippen LogP contribution in [0.5, 0.6) is 0 Å². The quantitative estimate of drug-likeness (QED) is 0.0258. The molecule has 376 valence electrons. The highest BCUT2D eigenvalue weighted by Gasteiger charge is 2.19. The Bertz CT molecular complexity index is 1080. The fourth-order valence-electron chi connectivity index (χ4n) is 7.91. The van der Waals surface area contributed by atoms with Crippen molar-refractivity contribution in [2.45, 2.75) is 283 Å². The first-order chi connectivity index (χ1) is 31.2. The molecule has 1 atom stereocenters. The van der Waals surface area contributed by atoms with Gasteiger partial charge in [0.1, 0.15) is 0 Å². The van der Waals surface area contributed by atoms with Crippen molar-refractivity contribution in [3.8, 4) is 0 Å². The van der Waals surface area contributed by atoms with Crippen LogP contribution in [0, 0.1) is 0 Å². The predicted octanol–water partition coefficient (Wildman–Crippen LogP) is 14.0. The largest absolute Gasteiger partial charge is 0.481 e. The topological polar surface area (TPSA) is 163 Å². The average Bonchev–Trinajstić information content (AvgIpc) is 3.25. The molecule has 11 heteroatoms. The van der Waals surface area contributed by atoms with Crippen molar-refractivity contribution in [2.75, 3.05) is 26.4 Å². The van der Waals surface area contributed by atoms with E-state index in [0.29, 0.717) is 26.1 Å². The summed E-state index contributed by atoms with van der Waals surface area (Å²) < 4.78 is 21.3. The van der Waals surface area contributed by atoms with E-state index in [0.717, 1.165) is 110 Å². The molecule has 0 aliphatic carbocycles. The summed E-state index contributed by atoms with van der Waals surface area (Å²) >= 11 is 0. The van der Waals surface area contributed by atoms with E-state index in [1.807, 2.05) is 0 Å².